The molecule has 118 valence electrons. The van der Waals surface area contributed by atoms with E-state index < -0.39 is 0 Å². The summed E-state index contributed by atoms with van der Waals surface area (Å²) in [5.74, 6) is 2.68. The van der Waals surface area contributed by atoms with Crippen LogP contribution in [-0.4, -0.2) is 55.1 Å². The molecule has 2 heterocycles. The second-order valence-corrected chi connectivity index (χ2v) is 6.32. The van der Waals surface area contributed by atoms with Crippen molar-refractivity contribution in [2.75, 3.05) is 50.5 Å². The first-order valence-electron chi connectivity index (χ1n) is 8.07. The topological polar surface area (TPSA) is 44.3 Å². The van der Waals surface area contributed by atoms with Crippen LogP contribution in [0.4, 0.5) is 11.8 Å². The van der Waals surface area contributed by atoms with Gasteiger partial charge in [0.15, 0.2) is 0 Å². The number of anilines is 2. The monoisotopic (exact) mass is 291 g/mol. The van der Waals surface area contributed by atoms with Crippen LogP contribution in [0.15, 0.2) is 6.20 Å². The lowest BCUT2D eigenvalue weighted by atomic mass is 9.96. The van der Waals surface area contributed by atoms with Crippen molar-refractivity contribution in [2.45, 2.75) is 33.1 Å². The molecule has 21 heavy (non-hydrogen) atoms. The average Bonchev–Trinajstić information content (AvgIpc) is 2.47. The molecule has 0 amide bonds. The third-order valence-electron chi connectivity index (χ3n) is 4.02. The predicted octanol–water partition coefficient (Wildman–Crippen LogP) is 2.38. The quantitative estimate of drug-likeness (QED) is 0.872. The van der Waals surface area contributed by atoms with Crippen molar-refractivity contribution in [2.24, 2.45) is 5.92 Å². The SMILES string of the molecule is CCCNc1ncc(C)c(N2CCC(CN(C)C)CC2)n1. The Bertz CT molecular complexity index is 438. The third-order valence-corrected chi connectivity index (χ3v) is 4.02. The summed E-state index contributed by atoms with van der Waals surface area (Å²) < 4.78 is 0. The first-order valence-corrected chi connectivity index (χ1v) is 8.07. The first kappa shape index (κ1) is 16.0. The number of hydrogen-bond acceptors (Lipinski definition) is 5. The molecule has 5 nitrogen and oxygen atoms in total. The number of nitrogens with one attached hydrogen (secondary N) is 1. The van der Waals surface area contributed by atoms with Gasteiger partial charge in [0, 0.05) is 37.9 Å². The fourth-order valence-corrected chi connectivity index (χ4v) is 2.92. The highest BCUT2D eigenvalue weighted by molar-refractivity contribution is 5.49. The van der Waals surface area contributed by atoms with E-state index in [2.05, 4.69) is 48.0 Å². The van der Waals surface area contributed by atoms with E-state index in [9.17, 15) is 0 Å². The zero-order valence-electron chi connectivity index (χ0n) is 13.9. The Morgan fingerprint density at radius 3 is 2.67 bits per heavy atom. The van der Waals surface area contributed by atoms with Gasteiger partial charge in [0.1, 0.15) is 5.82 Å². The molecule has 0 aromatic carbocycles. The molecule has 0 radical (unpaired) electrons. The molecule has 0 aliphatic carbocycles. The minimum atomic E-state index is 0.757. The van der Waals surface area contributed by atoms with Crippen LogP contribution in [0, 0.1) is 12.8 Å². The maximum atomic E-state index is 4.71. The molecule has 1 aromatic heterocycles. The van der Waals surface area contributed by atoms with Crippen LogP contribution >= 0.6 is 0 Å². The number of aromatic nitrogens is 2. The summed E-state index contributed by atoms with van der Waals surface area (Å²) in [7, 11) is 4.32. The van der Waals surface area contributed by atoms with Crippen LogP contribution in [0.25, 0.3) is 0 Å². The van der Waals surface area contributed by atoms with Gasteiger partial charge in [0.2, 0.25) is 5.95 Å². The van der Waals surface area contributed by atoms with Crippen molar-refractivity contribution >= 4 is 11.8 Å². The second-order valence-electron chi connectivity index (χ2n) is 6.32. The Balaban J connectivity index is 1.98. The van der Waals surface area contributed by atoms with Crippen molar-refractivity contribution in [1.82, 2.24) is 14.9 Å². The summed E-state index contributed by atoms with van der Waals surface area (Å²) in [4.78, 5) is 13.8. The highest BCUT2D eigenvalue weighted by Crippen LogP contribution is 2.25. The zero-order chi connectivity index (χ0) is 15.2. The lowest BCUT2D eigenvalue weighted by Gasteiger charge is -2.34. The minimum Gasteiger partial charge on any atom is -0.356 e. The van der Waals surface area contributed by atoms with Crippen molar-refractivity contribution < 1.29 is 0 Å². The van der Waals surface area contributed by atoms with Crippen LogP contribution in [-0.2, 0) is 0 Å². The summed E-state index contributed by atoms with van der Waals surface area (Å²) in [5.41, 5.74) is 1.17. The summed E-state index contributed by atoms with van der Waals surface area (Å²) in [6.07, 6.45) is 5.52. The van der Waals surface area contributed by atoms with Gasteiger partial charge in [-0.3, -0.25) is 0 Å². The van der Waals surface area contributed by atoms with Gasteiger partial charge in [-0.15, -0.1) is 0 Å². The van der Waals surface area contributed by atoms with E-state index in [-0.39, 0.29) is 0 Å². The zero-order valence-corrected chi connectivity index (χ0v) is 13.9. The van der Waals surface area contributed by atoms with Crippen LogP contribution in [0.5, 0.6) is 0 Å². The Morgan fingerprint density at radius 1 is 1.33 bits per heavy atom. The molecule has 0 saturated carbocycles. The molecule has 0 atom stereocenters. The van der Waals surface area contributed by atoms with E-state index in [0.717, 1.165) is 43.7 Å². The van der Waals surface area contributed by atoms with E-state index in [1.54, 1.807) is 0 Å². The number of rotatable bonds is 6. The maximum absolute atomic E-state index is 4.71. The van der Waals surface area contributed by atoms with E-state index >= 15 is 0 Å². The standard InChI is InChI=1S/C16H29N5/c1-5-8-17-16-18-11-13(2)15(19-16)21-9-6-14(7-10-21)12-20(3)4/h11,14H,5-10,12H2,1-4H3,(H,17,18,19). The van der Waals surface area contributed by atoms with E-state index in [4.69, 9.17) is 4.98 Å². The van der Waals surface area contributed by atoms with Crippen molar-refractivity contribution in [3.05, 3.63) is 11.8 Å². The van der Waals surface area contributed by atoms with Crippen molar-refractivity contribution in [3.63, 3.8) is 0 Å². The molecule has 0 bridgehead atoms. The number of nitrogens with zero attached hydrogens (tertiary/aromatic N) is 4. The minimum absolute atomic E-state index is 0.757. The Labute approximate surface area is 128 Å². The summed E-state index contributed by atoms with van der Waals surface area (Å²) in [6, 6.07) is 0. The fraction of sp³-hybridized carbons (Fsp3) is 0.750. The maximum Gasteiger partial charge on any atom is 0.224 e. The van der Waals surface area contributed by atoms with Crippen LogP contribution < -0.4 is 10.2 Å². The molecule has 1 N–H and O–H groups in total. The molecule has 2 rings (SSSR count). The van der Waals surface area contributed by atoms with Gasteiger partial charge >= 0.3 is 0 Å². The molecule has 1 aromatic rings. The largest absolute Gasteiger partial charge is 0.356 e. The van der Waals surface area contributed by atoms with Gasteiger partial charge in [0.25, 0.3) is 0 Å². The highest BCUT2D eigenvalue weighted by Gasteiger charge is 2.22. The smallest absolute Gasteiger partial charge is 0.224 e. The summed E-state index contributed by atoms with van der Waals surface area (Å²) in [5, 5.41) is 3.28. The van der Waals surface area contributed by atoms with E-state index in [1.807, 2.05) is 6.20 Å². The predicted molar refractivity (Wildman–Crippen MR) is 89.0 cm³/mol. The van der Waals surface area contributed by atoms with Gasteiger partial charge in [-0.05, 0) is 46.2 Å². The Hall–Kier alpha value is -1.36. The first-order chi connectivity index (χ1) is 10.1. The normalized spacial score (nSPS) is 16.5. The van der Waals surface area contributed by atoms with E-state index in [1.165, 1.54) is 24.9 Å². The van der Waals surface area contributed by atoms with Gasteiger partial charge in [-0.1, -0.05) is 6.92 Å². The van der Waals surface area contributed by atoms with Gasteiger partial charge in [0.05, 0.1) is 0 Å². The lowest BCUT2D eigenvalue weighted by Crippen LogP contribution is -2.38. The third kappa shape index (κ3) is 4.56. The van der Waals surface area contributed by atoms with Gasteiger partial charge < -0.3 is 15.1 Å². The van der Waals surface area contributed by atoms with Crippen LogP contribution in [0.3, 0.4) is 0 Å². The summed E-state index contributed by atoms with van der Waals surface area (Å²) in [6.45, 7) is 8.57. The Morgan fingerprint density at radius 2 is 2.05 bits per heavy atom. The molecule has 0 spiro atoms. The average molecular weight is 291 g/mol. The molecule has 0 unspecified atom stereocenters. The second kappa shape index (κ2) is 7.59. The van der Waals surface area contributed by atoms with Crippen molar-refractivity contribution in [3.8, 4) is 0 Å². The highest BCUT2D eigenvalue weighted by atomic mass is 15.2. The van der Waals surface area contributed by atoms with Crippen LogP contribution in [0.1, 0.15) is 31.7 Å². The Kier molecular flexibility index (Phi) is 5.79. The number of piperidine rings is 1. The van der Waals surface area contributed by atoms with Gasteiger partial charge in [-0.2, -0.15) is 4.98 Å². The van der Waals surface area contributed by atoms with Gasteiger partial charge in [-0.25, -0.2) is 4.98 Å². The molecule has 1 aliphatic rings. The molecule has 1 fully saturated rings. The van der Waals surface area contributed by atoms with Crippen molar-refractivity contribution in [1.29, 1.82) is 0 Å². The molecular weight excluding hydrogens is 262 g/mol. The fourth-order valence-electron chi connectivity index (χ4n) is 2.92. The number of hydrogen-bond donors (Lipinski definition) is 1. The molecule has 5 heteroatoms. The summed E-state index contributed by atoms with van der Waals surface area (Å²) >= 11 is 0. The van der Waals surface area contributed by atoms with E-state index in [0.29, 0.717) is 0 Å². The molecule has 1 aliphatic heterocycles. The van der Waals surface area contributed by atoms with Crippen LogP contribution in [0.2, 0.25) is 0 Å². The number of aryl methyl sites for hydroxylation is 1. The lowest BCUT2D eigenvalue weighted by molar-refractivity contribution is 0.284. The molecular formula is C16H29N5. The molecule has 1 saturated heterocycles.